The van der Waals surface area contributed by atoms with Gasteiger partial charge in [-0.1, -0.05) is 11.8 Å². The van der Waals surface area contributed by atoms with Gasteiger partial charge in [0.05, 0.1) is 35.5 Å². The SMILES string of the molecule is COc1ccc(-c2nc(SC)ncc2N)c([N+](=O)[O-])c1. The van der Waals surface area contributed by atoms with Crippen molar-refractivity contribution in [2.24, 2.45) is 0 Å². The predicted molar refractivity (Wildman–Crippen MR) is 76.9 cm³/mol. The molecular formula is C12H12N4O3S. The summed E-state index contributed by atoms with van der Waals surface area (Å²) in [4.78, 5) is 19.0. The molecule has 0 aliphatic heterocycles. The Morgan fingerprint density at radius 1 is 1.45 bits per heavy atom. The topological polar surface area (TPSA) is 104 Å². The summed E-state index contributed by atoms with van der Waals surface area (Å²) >= 11 is 1.34. The van der Waals surface area contributed by atoms with Crippen LogP contribution in [0.1, 0.15) is 0 Å². The molecule has 0 unspecified atom stereocenters. The summed E-state index contributed by atoms with van der Waals surface area (Å²) < 4.78 is 5.00. The lowest BCUT2D eigenvalue weighted by atomic mass is 10.1. The summed E-state index contributed by atoms with van der Waals surface area (Å²) in [6, 6.07) is 4.54. The van der Waals surface area contributed by atoms with E-state index in [9.17, 15) is 10.1 Å². The molecule has 0 atom stereocenters. The number of nitrogens with zero attached hydrogens (tertiary/aromatic N) is 3. The zero-order chi connectivity index (χ0) is 14.7. The molecule has 0 spiro atoms. The van der Waals surface area contributed by atoms with Crippen LogP contribution in [-0.2, 0) is 0 Å². The van der Waals surface area contributed by atoms with E-state index >= 15 is 0 Å². The molecule has 0 bridgehead atoms. The van der Waals surface area contributed by atoms with Gasteiger partial charge >= 0.3 is 0 Å². The molecule has 20 heavy (non-hydrogen) atoms. The van der Waals surface area contributed by atoms with Crippen LogP contribution in [0.2, 0.25) is 0 Å². The predicted octanol–water partition coefficient (Wildman–Crippen LogP) is 2.36. The summed E-state index contributed by atoms with van der Waals surface area (Å²) in [6.45, 7) is 0. The molecule has 0 saturated heterocycles. The number of nitrogen functional groups attached to an aromatic ring is 1. The third kappa shape index (κ3) is 2.64. The molecule has 0 aliphatic rings. The second-order valence-electron chi connectivity index (χ2n) is 3.80. The van der Waals surface area contributed by atoms with Crippen molar-refractivity contribution in [3.05, 3.63) is 34.5 Å². The van der Waals surface area contributed by atoms with Gasteiger partial charge in [0.25, 0.3) is 5.69 Å². The van der Waals surface area contributed by atoms with Crippen molar-refractivity contribution in [3.8, 4) is 17.0 Å². The molecule has 0 radical (unpaired) electrons. The maximum Gasteiger partial charge on any atom is 0.282 e. The van der Waals surface area contributed by atoms with Crippen molar-refractivity contribution in [2.75, 3.05) is 19.1 Å². The van der Waals surface area contributed by atoms with Gasteiger partial charge in [0.15, 0.2) is 5.16 Å². The molecule has 0 saturated carbocycles. The molecule has 8 heteroatoms. The van der Waals surface area contributed by atoms with E-state index in [1.807, 2.05) is 6.26 Å². The molecule has 2 aromatic rings. The molecule has 1 heterocycles. The van der Waals surface area contributed by atoms with Crippen LogP contribution in [0.3, 0.4) is 0 Å². The van der Waals surface area contributed by atoms with Crippen LogP contribution in [0.4, 0.5) is 11.4 Å². The van der Waals surface area contributed by atoms with Crippen LogP contribution in [0.5, 0.6) is 5.75 Å². The number of nitro benzene ring substituents is 1. The first-order valence-corrected chi connectivity index (χ1v) is 6.78. The first kappa shape index (κ1) is 14.1. The molecule has 7 nitrogen and oxygen atoms in total. The molecule has 2 N–H and O–H groups in total. The fraction of sp³-hybridized carbons (Fsp3) is 0.167. The molecule has 1 aromatic carbocycles. The maximum atomic E-state index is 11.2. The number of nitro groups is 1. The lowest BCUT2D eigenvalue weighted by Gasteiger charge is -2.08. The number of benzene rings is 1. The van der Waals surface area contributed by atoms with Gasteiger partial charge < -0.3 is 10.5 Å². The van der Waals surface area contributed by atoms with Gasteiger partial charge in [-0.2, -0.15) is 0 Å². The van der Waals surface area contributed by atoms with Gasteiger partial charge in [-0.3, -0.25) is 10.1 Å². The number of ether oxygens (including phenoxy) is 1. The third-order valence-electron chi connectivity index (χ3n) is 2.63. The summed E-state index contributed by atoms with van der Waals surface area (Å²) in [5, 5.41) is 11.7. The highest BCUT2D eigenvalue weighted by Crippen LogP contribution is 2.35. The van der Waals surface area contributed by atoms with Crippen LogP contribution in [0.15, 0.2) is 29.6 Å². The highest BCUT2D eigenvalue weighted by molar-refractivity contribution is 7.98. The summed E-state index contributed by atoms with van der Waals surface area (Å²) in [5.74, 6) is 0.401. The number of anilines is 1. The highest BCUT2D eigenvalue weighted by Gasteiger charge is 2.20. The molecule has 0 fully saturated rings. The number of hydrogen-bond donors (Lipinski definition) is 1. The molecule has 1 aromatic heterocycles. The minimum atomic E-state index is -0.488. The van der Waals surface area contributed by atoms with E-state index in [1.54, 1.807) is 12.1 Å². The monoisotopic (exact) mass is 292 g/mol. The fourth-order valence-electron chi connectivity index (χ4n) is 1.68. The van der Waals surface area contributed by atoms with Crippen molar-refractivity contribution < 1.29 is 9.66 Å². The molecule has 0 amide bonds. The lowest BCUT2D eigenvalue weighted by Crippen LogP contribution is -2.00. The van der Waals surface area contributed by atoms with Crippen LogP contribution in [0, 0.1) is 10.1 Å². The quantitative estimate of drug-likeness (QED) is 0.399. The number of rotatable bonds is 4. The number of thioether (sulfide) groups is 1. The minimum absolute atomic E-state index is 0.109. The maximum absolute atomic E-state index is 11.2. The first-order valence-electron chi connectivity index (χ1n) is 5.56. The van der Waals surface area contributed by atoms with Crippen molar-refractivity contribution in [1.29, 1.82) is 0 Å². The van der Waals surface area contributed by atoms with Gasteiger partial charge in [0.2, 0.25) is 0 Å². The van der Waals surface area contributed by atoms with E-state index in [0.29, 0.717) is 22.2 Å². The second kappa shape index (κ2) is 5.74. The minimum Gasteiger partial charge on any atom is -0.497 e. The van der Waals surface area contributed by atoms with Crippen molar-refractivity contribution in [1.82, 2.24) is 9.97 Å². The van der Waals surface area contributed by atoms with Gasteiger partial charge in [-0.25, -0.2) is 9.97 Å². The first-order chi connectivity index (χ1) is 9.56. The Kier molecular flexibility index (Phi) is 4.04. The average molecular weight is 292 g/mol. The van der Waals surface area contributed by atoms with E-state index in [-0.39, 0.29) is 11.4 Å². The van der Waals surface area contributed by atoms with E-state index in [2.05, 4.69) is 9.97 Å². The number of aromatic nitrogens is 2. The Bertz CT molecular complexity index is 663. The Morgan fingerprint density at radius 3 is 2.80 bits per heavy atom. The second-order valence-corrected chi connectivity index (χ2v) is 4.57. The van der Waals surface area contributed by atoms with Gasteiger partial charge in [-0.15, -0.1) is 0 Å². The Labute approximate surface area is 119 Å². The van der Waals surface area contributed by atoms with Gasteiger partial charge in [0, 0.05) is 0 Å². The smallest absolute Gasteiger partial charge is 0.282 e. The van der Waals surface area contributed by atoms with Gasteiger partial charge in [-0.05, 0) is 18.4 Å². The van der Waals surface area contributed by atoms with Crippen LogP contribution < -0.4 is 10.5 Å². The number of methoxy groups -OCH3 is 1. The van der Waals surface area contributed by atoms with Crippen LogP contribution >= 0.6 is 11.8 Å². The van der Waals surface area contributed by atoms with E-state index in [1.165, 1.54) is 31.1 Å². The van der Waals surface area contributed by atoms with Gasteiger partial charge in [0.1, 0.15) is 11.4 Å². The number of hydrogen-bond acceptors (Lipinski definition) is 7. The standard InChI is InChI=1S/C12H12N4O3S/c1-19-7-3-4-8(10(5-7)16(17)18)11-9(13)6-14-12(15-11)20-2/h3-6H,13H2,1-2H3. The molecule has 0 aliphatic carbocycles. The van der Waals surface area contributed by atoms with Crippen molar-refractivity contribution in [2.45, 2.75) is 5.16 Å². The fourth-order valence-corrected chi connectivity index (χ4v) is 2.02. The Morgan fingerprint density at radius 2 is 2.20 bits per heavy atom. The summed E-state index contributed by atoms with van der Waals surface area (Å²) in [7, 11) is 1.45. The number of nitrogens with two attached hydrogens (primary N) is 1. The zero-order valence-electron chi connectivity index (χ0n) is 10.9. The largest absolute Gasteiger partial charge is 0.497 e. The normalized spacial score (nSPS) is 10.3. The lowest BCUT2D eigenvalue weighted by molar-refractivity contribution is -0.384. The van der Waals surface area contributed by atoms with E-state index in [4.69, 9.17) is 10.5 Å². The third-order valence-corrected chi connectivity index (χ3v) is 3.20. The Balaban J connectivity index is 2.65. The van der Waals surface area contributed by atoms with E-state index < -0.39 is 4.92 Å². The van der Waals surface area contributed by atoms with Crippen LogP contribution in [-0.4, -0.2) is 28.3 Å². The van der Waals surface area contributed by atoms with Crippen LogP contribution in [0.25, 0.3) is 11.3 Å². The van der Waals surface area contributed by atoms with E-state index in [0.717, 1.165) is 0 Å². The average Bonchev–Trinajstić information content (AvgIpc) is 2.47. The van der Waals surface area contributed by atoms with Crippen molar-refractivity contribution >= 4 is 23.1 Å². The summed E-state index contributed by atoms with van der Waals surface area (Å²) in [5.41, 5.74) is 6.69. The zero-order valence-corrected chi connectivity index (χ0v) is 11.7. The summed E-state index contributed by atoms with van der Waals surface area (Å²) in [6.07, 6.45) is 3.26. The van der Waals surface area contributed by atoms with Crippen molar-refractivity contribution in [3.63, 3.8) is 0 Å². The Hall–Kier alpha value is -2.35. The molecule has 2 rings (SSSR count). The highest BCUT2D eigenvalue weighted by atomic mass is 32.2. The molecular weight excluding hydrogens is 280 g/mol. The molecule has 104 valence electrons.